The van der Waals surface area contributed by atoms with E-state index in [0.29, 0.717) is 5.92 Å². The third-order valence-electron chi connectivity index (χ3n) is 2.69. The van der Waals surface area contributed by atoms with Crippen molar-refractivity contribution in [1.29, 1.82) is 0 Å². The van der Waals surface area contributed by atoms with Crippen LogP contribution < -0.4 is 0 Å². The van der Waals surface area contributed by atoms with Crippen LogP contribution in [0.25, 0.3) is 0 Å². The van der Waals surface area contributed by atoms with Gasteiger partial charge in [-0.3, -0.25) is 4.90 Å². The number of nitrogens with zero attached hydrogens (tertiary/aromatic N) is 2. The van der Waals surface area contributed by atoms with Crippen LogP contribution in [0.3, 0.4) is 0 Å². The Bertz CT molecular complexity index is 324. The Labute approximate surface area is 94.8 Å². The molecule has 1 N–H and O–H groups in total. The monoisotopic (exact) mass is 226 g/mol. The van der Waals surface area contributed by atoms with Crippen molar-refractivity contribution in [1.82, 2.24) is 9.88 Å². The highest BCUT2D eigenvalue weighted by molar-refractivity contribution is 7.11. The van der Waals surface area contributed by atoms with E-state index in [-0.39, 0.29) is 6.10 Å². The summed E-state index contributed by atoms with van der Waals surface area (Å²) in [5.74, 6) is 0.521. The molecule has 3 nitrogen and oxygen atoms in total. The van der Waals surface area contributed by atoms with E-state index in [2.05, 4.69) is 23.7 Å². The highest BCUT2D eigenvalue weighted by atomic mass is 32.1. The molecule has 0 saturated carbocycles. The fourth-order valence-electron chi connectivity index (χ4n) is 1.84. The Morgan fingerprint density at radius 2 is 2.47 bits per heavy atom. The van der Waals surface area contributed by atoms with Crippen molar-refractivity contribution in [2.24, 2.45) is 0 Å². The smallest absolute Gasteiger partial charge is 0.0953 e. The molecule has 0 spiro atoms. The summed E-state index contributed by atoms with van der Waals surface area (Å²) in [6.07, 6.45) is 2.77. The van der Waals surface area contributed by atoms with E-state index < -0.39 is 0 Å². The van der Waals surface area contributed by atoms with Gasteiger partial charge in [-0.05, 0) is 6.42 Å². The first-order chi connectivity index (χ1) is 7.15. The number of rotatable bonds is 3. The Kier molecular flexibility index (Phi) is 3.38. The number of thiazole rings is 1. The van der Waals surface area contributed by atoms with Crippen molar-refractivity contribution in [3.63, 3.8) is 0 Å². The fraction of sp³-hybridized carbons (Fsp3) is 0.727. The van der Waals surface area contributed by atoms with Gasteiger partial charge < -0.3 is 5.11 Å². The van der Waals surface area contributed by atoms with Crippen molar-refractivity contribution in [2.45, 2.75) is 38.8 Å². The maximum atomic E-state index is 9.42. The van der Waals surface area contributed by atoms with Gasteiger partial charge in [0.15, 0.2) is 0 Å². The lowest BCUT2D eigenvalue weighted by atomic mass is 10.2. The van der Waals surface area contributed by atoms with Crippen LogP contribution in [0.15, 0.2) is 6.20 Å². The van der Waals surface area contributed by atoms with Gasteiger partial charge in [-0.1, -0.05) is 13.8 Å². The molecule has 1 aromatic rings. The molecule has 1 aliphatic heterocycles. The van der Waals surface area contributed by atoms with Gasteiger partial charge in [0.1, 0.15) is 0 Å². The summed E-state index contributed by atoms with van der Waals surface area (Å²) in [6.45, 7) is 7.11. The molecule has 0 unspecified atom stereocenters. The van der Waals surface area contributed by atoms with E-state index in [9.17, 15) is 5.11 Å². The summed E-state index contributed by atoms with van der Waals surface area (Å²) in [5.41, 5.74) is 0. The second-order valence-electron chi connectivity index (χ2n) is 4.50. The summed E-state index contributed by atoms with van der Waals surface area (Å²) in [6, 6.07) is 0. The molecule has 1 fully saturated rings. The summed E-state index contributed by atoms with van der Waals surface area (Å²) in [4.78, 5) is 8.01. The van der Waals surface area contributed by atoms with E-state index in [4.69, 9.17) is 0 Å². The molecule has 1 aliphatic rings. The topological polar surface area (TPSA) is 36.4 Å². The first kappa shape index (κ1) is 11.0. The zero-order valence-electron chi connectivity index (χ0n) is 9.31. The Balaban J connectivity index is 1.93. The van der Waals surface area contributed by atoms with E-state index in [0.717, 1.165) is 26.1 Å². The normalized spacial score (nSPS) is 22.8. The van der Waals surface area contributed by atoms with Crippen LogP contribution in [0.4, 0.5) is 0 Å². The van der Waals surface area contributed by atoms with Gasteiger partial charge in [0.2, 0.25) is 0 Å². The highest BCUT2D eigenvalue weighted by Gasteiger charge is 2.20. The standard InChI is InChI=1S/C11H18N2OS/c1-8(2)11-12-5-10(15-11)7-13-4-3-9(14)6-13/h5,8-9,14H,3-4,6-7H2,1-2H3/t9-/m1/s1. The van der Waals surface area contributed by atoms with Gasteiger partial charge in [-0.15, -0.1) is 11.3 Å². The van der Waals surface area contributed by atoms with Gasteiger partial charge in [0, 0.05) is 36.6 Å². The van der Waals surface area contributed by atoms with Crippen LogP contribution in [0.1, 0.15) is 36.1 Å². The Morgan fingerprint density at radius 3 is 3.00 bits per heavy atom. The predicted octanol–water partition coefficient (Wildman–Crippen LogP) is 1.83. The molecule has 0 bridgehead atoms. The number of aromatic nitrogens is 1. The molecule has 1 saturated heterocycles. The molecule has 2 rings (SSSR count). The Morgan fingerprint density at radius 1 is 1.67 bits per heavy atom. The number of aliphatic hydroxyl groups excluding tert-OH is 1. The van der Waals surface area contributed by atoms with Crippen molar-refractivity contribution in [2.75, 3.05) is 13.1 Å². The maximum Gasteiger partial charge on any atom is 0.0953 e. The first-order valence-electron chi connectivity index (χ1n) is 5.50. The van der Waals surface area contributed by atoms with Gasteiger partial charge in [0.05, 0.1) is 11.1 Å². The van der Waals surface area contributed by atoms with E-state index >= 15 is 0 Å². The summed E-state index contributed by atoms with van der Waals surface area (Å²) in [7, 11) is 0. The van der Waals surface area contributed by atoms with Gasteiger partial charge in [0.25, 0.3) is 0 Å². The van der Waals surface area contributed by atoms with Crippen LogP contribution in [0.5, 0.6) is 0 Å². The van der Waals surface area contributed by atoms with Crippen molar-refractivity contribution in [3.05, 3.63) is 16.1 Å². The van der Waals surface area contributed by atoms with Crippen LogP contribution in [0, 0.1) is 0 Å². The van der Waals surface area contributed by atoms with Crippen molar-refractivity contribution in [3.8, 4) is 0 Å². The molecule has 0 radical (unpaired) electrons. The largest absolute Gasteiger partial charge is 0.392 e. The minimum Gasteiger partial charge on any atom is -0.392 e. The Hall–Kier alpha value is -0.450. The maximum absolute atomic E-state index is 9.42. The minimum atomic E-state index is -0.123. The molecule has 2 heterocycles. The predicted molar refractivity (Wildman–Crippen MR) is 62.1 cm³/mol. The van der Waals surface area contributed by atoms with E-state index in [1.54, 1.807) is 11.3 Å². The van der Waals surface area contributed by atoms with Crippen molar-refractivity contribution >= 4 is 11.3 Å². The number of hydrogen-bond acceptors (Lipinski definition) is 4. The molecular formula is C11H18N2OS. The highest BCUT2D eigenvalue weighted by Crippen LogP contribution is 2.23. The van der Waals surface area contributed by atoms with Crippen LogP contribution in [-0.2, 0) is 6.54 Å². The van der Waals surface area contributed by atoms with Crippen LogP contribution >= 0.6 is 11.3 Å². The van der Waals surface area contributed by atoms with E-state index in [1.807, 2.05) is 6.20 Å². The van der Waals surface area contributed by atoms with Gasteiger partial charge in [-0.2, -0.15) is 0 Å². The molecule has 84 valence electrons. The lowest BCUT2D eigenvalue weighted by Crippen LogP contribution is -2.20. The van der Waals surface area contributed by atoms with Gasteiger partial charge in [-0.25, -0.2) is 4.98 Å². The molecular weight excluding hydrogens is 208 g/mol. The second kappa shape index (κ2) is 4.60. The third kappa shape index (κ3) is 2.77. The van der Waals surface area contributed by atoms with Crippen molar-refractivity contribution < 1.29 is 5.11 Å². The molecule has 4 heteroatoms. The summed E-state index contributed by atoms with van der Waals surface area (Å²) in [5, 5.41) is 10.6. The SMILES string of the molecule is CC(C)c1ncc(CN2CC[C@@H](O)C2)s1. The van der Waals surface area contributed by atoms with Gasteiger partial charge >= 0.3 is 0 Å². The number of aliphatic hydroxyl groups is 1. The lowest BCUT2D eigenvalue weighted by molar-refractivity contribution is 0.175. The zero-order valence-corrected chi connectivity index (χ0v) is 10.1. The zero-order chi connectivity index (χ0) is 10.8. The number of likely N-dealkylation sites (tertiary alicyclic amines) is 1. The fourth-order valence-corrected chi connectivity index (χ4v) is 2.80. The first-order valence-corrected chi connectivity index (χ1v) is 6.32. The number of β-amino-alcohol motifs (C(OH)–C–C–N with tert-alkyl or cyclic N) is 1. The summed E-state index contributed by atoms with van der Waals surface area (Å²) < 4.78 is 0. The average molecular weight is 226 g/mol. The summed E-state index contributed by atoms with van der Waals surface area (Å²) >= 11 is 1.79. The lowest BCUT2D eigenvalue weighted by Gasteiger charge is -2.12. The van der Waals surface area contributed by atoms with Crippen LogP contribution in [-0.4, -0.2) is 34.2 Å². The molecule has 0 aliphatic carbocycles. The quantitative estimate of drug-likeness (QED) is 0.854. The molecule has 15 heavy (non-hydrogen) atoms. The average Bonchev–Trinajstić information content (AvgIpc) is 2.76. The molecule has 1 aromatic heterocycles. The minimum absolute atomic E-state index is 0.123. The molecule has 0 amide bonds. The second-order valence-corrected chi connectivity index (χ2v) is 5.64. The molecule has 1 atom stereocenters. The third-order valence-corrected chi connectivity index (χ3v) is 3.97. The van der Waals surface area contributed by atoms with Crippen LogP contribution in [0.2, 0.25) is 0 Å². The van der Waals surface area contributed by atoms with E-state index in [1.165, 1.54) is 9.88 Å². The number of hydrogen-bond donors (Lipinski definition) is 1. The molecule has 0 aromatic carbocycles.